The van der Waals surface area contributed by atoms with Crippen LogP contribution in [0.2, 0.25) is 0 Å². The Morgan fingerprint density at radius 3 is 1.60 bits per heavy atom. The Balaban J connectivity index is 2.46. The Morgan fingerprint density at radius 1 is 0.900 bits per heavy atom. The van der Waals surface area contributed by atoms with Crippen molar-refractivity contribution in [1.29, 1.82) is 0 Å². The van der Waals surface area contributed by atoms with Crippen molar-refractivity contribution in [2.45, 2.75) is 37.1 Å². The van der Waals surface area contributed by atoms with Crippen molar-refractivity contribution < 1.29 is 10.2 Å². The SMILES string of the molecule is N[C@@H]1C[C@H](N)C(O)C[C@H]1O. The molecule has 4 nitrogen and oxygen atoms in total. The third-order valence-electron chi connectivity index (χ3n) is 2.02. The highest BCUT2D eigenvalue weighted by Gasteiger charge is 2.30. The quantitative estimate of drug-likeness (QED) is 0.323. The van der Waals surface area contributed by atoms with Crippen LogP contribution in [-0.4, -0.2) is 34.5 Å². The number of rotatable bonds is 0. The van der Waals surface area contributed by atoms with Gasteiger partial charge in [-0.2, -0.15) is 0 Å². The highest BCUT2D eigenvalue weighted by molar-refractivity contribution is 4.89. The predicted molar refractivity (Wildman–Crippen MR) is 37.2 cm³/mol. The zero-order valence-electron chi connectivity index (χ0n) is 5.77. The monoisotopic (exact) mass is 146 g/mol. The van der Waals surface area contributed by atoms with Crippen LogP contribution < -0.4 is 11.5 Å². The molecule has 0 bridgehead atoms. The number of hydrogen-bond acceptors (Lipinski definition) is 4. The molecule has 6 N–H and O–H groups in total. The molecule has 0 amide bonds. The molecule has 0 radical (unpaired) electrons. The van der Waals surface area contributed by atoms with Gasteiger partial charge < -0.3 is 21.7 Å². The van der Waals surface area contributed by atoms with Crippen molar-refractivity contribution in [3.8, 4) is 0 Å². The second-order valence-electron chi connectivity index (χ2n) is 2.93. The summed E-state index contributed by atoms with van der Waals surface area (Å²) in [6.45, 7) is 0. The first kappa shape index (κ1) is 7.94. The molecule has 1 aliphatic rings. The normalized spacial score (nSPS) is 49.2. The Bertz CT molecular complexity index is 94.3. The molecule has 60 valence electrons. The molecule has 1 unspecified atom stereocenters. The Kier molecular flexibility index (Phi) is 2.25. The second kappa shape index (κ2) is 2.84. The van der Waals surface area contributed by atoms with Gasteiger partial charge in [-0.3, -0.25) is 0 Å². The van der Waals surface area contributed by atoms with Crippen LogP contribution >= 0.6 is 0 Å². The molecule has 4 atom stereocenters. The summed E-state index contributed by atoms with van der Waals surface area (Å²) in [5.74, 6) is 0. The molecule has 0 aromatic rings. The van der Waals surface area contributed by atoms with E-state index < -0.39 is 12.2 Å². The minimum atomic E-state index is -0.588. The van der Waals surface area contributed by atoms with Gasteiger partial charge in [-0.25, -0.2) is 0 Å². The first-order valence-corrected chi connectivity index (χ1v) is 3.48. The van der Waals surface area contributed by atoms with E-state index in [1.807, 2.05) is 0 Å². The van der Waals surface area contributed by atoms with E-state index >= 15 is 0 Å². The third-order valence-corrected chi connectivity index (χ3v) is 2.02. The Hall–Kier alpha value is -0.160. The van der Waals surface area contributed by atoms with Gasteiger partial charge in [-0.1, -0.05) is 0 Å². The van der Waals surface area contributed by atoms with E-state index in [1.165, 1.54) is 0 Å². The van der Waals surface area contributed by atoms with Gasteiger partial charge in [0.1, 0.15) is 0 Å². The molecule has 0 spiro atoms. The smallest absolute Gasteiger partial charge is 0.0716 e. The lowest BCUT2D eigenvalue weighted by Gasteiger charge is -2.32. The fourth-order valence-corrected chi connectivity index (χ4v) is 1.23. The third kappa shape index (κ3) is 1.46. The Morgan fingerprint density at radius 2 is 1.30 bits per heavy atom. The first-order chi connectivity index (χ1) is 4.61. The summed E-state index contributed by atoms with van der Waals surface area (Å²) in [7, 11) is 0. The summed E-state index contributed by atoms with van der Waals surface area (Å²) >= 11 is 0. The first-order valence-electron chi connectivity index (χ1n) is 3.48. The van der Waals surface area contributed by atoms with Crippen molar-refractivity contribution >= 4 is 0 Å². The number of nitrogens with two attached hydrogens (primary N) is 2. The van der Waals surface area contributed by atoms with E-state index in [2.05, 4.69) is 0 Å². The largest absolute Gasteiger partial charge is 0.391 e. The van der Waals surface area contributed by atoms with Crippen molar-refractivity contribution in [3.05, 3.63) is 0 Å². The zero-order valence-corrected chi connectivity index (χ0v) is 5.77. The molecule has 1 fully saturated rings. The maximum absolute atomic E-state index is 9.13. The molecule has 1 aliphatic carbocycles. The lowest BCUT2D eigenvalue weighted by atomic mass is 9.87. The molecule has 0 heterocycles. The summed E-state index contributed by atoms with van der Waals surface area (Å²) in [5.41, 5.74) is 11.0. The highest BCUT2D eigenvalue weighted by atomic mass is 16.3. The van der Waals surface area contributed by atoms with Gasteiger partial charge >= 0.3 is 0 Å². The maximum Gasteiger partial charge on any atom is 0.0716 e. The second-order valence-corrected chi connectivity index (χ2v) is 2.93. The molecule has 0 saturated heterocycles. The zero-order chi connectivity index (χ0) is 7.72. The highest BCUT2D eigenvalue weighted by Crippen LogP contribution is 2.16. The number of hydrogen-bond donors (Lipinski definition) is 4. The fraction of sp³-hybridized carbons (Fsp3) is 1.00. The van der Waals surface area contributed by atoms with Gasteiger partial charge in [0, 0.05) is 18.5 Å². The van der Waals surface area contributed by atoms with E-state index in [4.69, 9.17) is 21.7 Å². The van der Waals surface area contributed by atoms with Gasteiger partial charge in [-0.15, -0.1) is 0 Å². The fourth-order valence-electron chi connectivity index (χ4n) is 1.23. The van der Waals surface area contributed by atoms with E-state index in [-0.39, 0.29) is 12.1 Å². The van der Waals surface area contributed by atoms with Crippen LogP contribution in [0.25, 0.3) is 0 Å². The molecule has 1 saturated carbocycles. The van der Waals surface area contributed by atoms with Crippen molar-refractivity contribution in [3.63, 3.8) is 0 Å². The summed E-state index contributed by atoms with van der Waals surface area (Å²) < 4.78 is 0. The molecule has 0 aromatic heterocycles. The van der Waals surface area contributed by atoms with Crippen LogP contribution in [0.1, 0.15) is 12.8 Å². The maximum atomic E-state index is 9.13. The summed E-state index contributed by atoms with van der Waals surface area (Å²) in [6, 6.07) is -0.531. The average molecular weight is 146 g/mol. The molecule has 1 rings (SSSR count). The molecule has 0 aliphatic heterocycles. The topological polar surface area (TPSA) is 92.5 Å². The van der Waals surface area contributed by atoms with Crippen LogP contribution in [-0.2, 0) is 0 Å². The van der Waals surface area contributed by atoms with Crippen LogP contribution in [0.3, 0.4) is 0 Å². The van der Waals surface area contributed by atoms with Gasteiger partial charge in [0.05, 0.1) is 12.2 Å². The molecule has 0 aromatic carbocycles. The van der Waals surface area contributed by atoms with Gasteiger partial charge in [0.2, 0.25) is 0 Å². The van der Waals surface area contributed by atoms with E-state index in [9.17, 15) is 0 Å². The molecular formula is C6H14N2O2. The minimum Gasteiger partial charge on any atom is -0.391 e. The minimum absolute atomic E-state index is 0.265. The van der Waals surface area contributed by atoms with Crippen LogP contribution in [0.15, 0.2) is 0 Å². The van der Waals surface area contributed by atoms with Gasteiger partial charge in [-0.05, 0) is 6.42 Å². The van der Waals surface area contributed by atoms with Crippen molar-refractivity contribution in [2.75, 3.05) is 0 Å². The van der Waals surface area contributed by atoms with Crippen molar-refractivity contribution in [2.24, 2.45) is 11.5 Å². The lowest BCUT2D eigenvalue weighted by Crippen LogP contribution is -2.52. The van der Waals surface area contributed by atoms with Crippen LogP contribution in [0.5, 0.6) is 0 Å². The predicted octanol–water partition coefficient (Wildman–Crippen LogP) is -1.84. The summed E-state index contributed by atoms with van der Waals surface area (Å²) in [5, 5.41) is 18.3. The van der Waals surface area contributed by atoms with E-state index in [1.54, 1.807) is 0 Å². The lowest BCUT2D eigenvalue weighted by molar-refractivity contribution is 0.0145. The molecular weight excluding hydrogens is 132 g/mol. The van der Waals surface area contributed by atoms with Crippen molar-refractivity contribution in [1.82, 2.24) is 0 Å². The van der Waals surface area contributed by atoms with E-state index in [0.717, 1.165) is 0 Å². The van der Waals surface area contributed by atoms with Gasteiger partial charge in [0.15, 0.2) is 0 Å². The molecule has 10 heavy (non-hydrogen) atoms. The standard InChI is InChI=1S/C6H14N2O2/c7-3-1-4(8)6(10)2-5(3)9/h3-6,9-10H,1-2,7-8H2/t3-,4+,5-,6?/m1/s1. The van der Waals surface area contributed by atoms with E-state index in [0.29, 0.717) is 12.8 Å². The Labute approximate surface area is 59.8 Å². The van der Waals surface area contributed by atoms with Gasteiger partial charge in [0.25, 0.3) is 0 Å². The summed E-state index contributed by atoms with van der Waals surface area (Å²) in [6.07, 6.45) is -0.366. The molecule has 4 heteroatoms. The number of aliphatic hydroxyl groups is 2. The van der Waals surface area contributed by atoms with Crippen LogP contribution in [0, 0.1) is 0 Å². The van der Waals surface area contributed by atoms with Crippen LogP contribution in [0.4, 0.5) is 0 Å². The average Bonchev–Trinajstić information content (AvgIpc) is 1.84. The number of aliphatic hydroxyl groups excluding tert-OH is 2. The summed E-state index contributed by atoms with van der Waals surface area (Å²) in [4.78, 5) is 0.